The maximum Gasteiger partial charge on any atom is 0.376 e. The van der Waals surface area contributed by atoms with E-state index in [1.165, 1.54) is 18.5 Å². The number of nitrogens with one attached hydrogen (secondary N) is 1. The van der Waals surface area contributed by atoms with Gasteiger partial charge >= 0.3 is 14.1 Å². The molecule has 0 aromatic heterocycles. The van der Waals surface area contributed by atoms with E-state index < -0.39 is 7.05 Å². The Bertz CT molecular complexity index is 1120. The Morgan fingerprint density at radius 2 is 1.33 bits per heavy atom. The number of hydrogen-bond donors (Lipinski definition) is 3. The molecule has 3 N–H and O–H groups in total. The molecule has 2 aromatic rings. The molecule has 4 unspecified atom stereocenters. The van der Waals surface area contributed by atoms with Crippen LogP contribution in [-0.4, -0.2) is 83.2 Å². The van der Waals surface area contributed by atoms with Gasteiger partial charge in [0.15, 0.2) is 0 Å². The van der Waals surface area contributed by atoms with Crippen molar-refractivity contribution in [3.63, 3.8) is 0 Å². The Morgan fingerprint density at radius 3 is 1.80 bits per heavy atom. The second-order valence-electron chi connectivity index (χ2n) is 12.3. The van der Waals surface area contributed by atoms with Crippen LogP contribution in [0.1, 0.15) is 66.2 Å². The fourth-order valence-corrected chi connectivity index (χ4v) is 6.05. The van der Waals surface area contributed by atoms with E-state index in [4.69, 9.17) is 11.6 Å². The summed E-state index contributed by atoms with van der Waals surface area (Å²) in [5.41, 5.74) is 2.15. The molecule has 8 nitrogen and oxygen atoms in total. The lowest BCUT2D eigenvalue weighted by Crippen LogP contribution is -2.51. The first kappa shape index (κ1) is 38.8. The van der Waals surface area contributed by atoms with Gasteiger partial charge in [0.05, 0.1) is 0 Å². The molecular weight excluding hydrogens is 585 g/mol. The van der Waals surface area contributed by atoms with Crippen molar-refractivity contribution in [1.29, 1.82) is 0 Å². The lowest BCUT2D eigenvalue weighted by Gasteiger charge is -2.41. The summed E-state index contributed by atoms with van der Waals surface area (Å²) in [6.07, 6.45) is 5.53. The number of hydrogen-bond acceptors (Lipinski definition) is 7. The molecule has 45 heavy (non-hydrogen) atoms. The van der Waals surface area contributed by atoms with Crippen molar-refractivity contribution in [3.8, 4) is 0 Å². The van der Waals surface area contributed by atoms with Crippen LogP contribution in [0.25, 0.3) is 0 Å². The van der Waals surface area contributed by atoms with E-state index in [-0.39, 0.29) is 24.2 Å². The molecule has 2 aliphatic rings. The van der Waals surface area contributed by atoms with Crippen LogP contribution in [0, 0.1) is 11.8 Å². The summed E-state index contributed by atoms with van der Waals surface area (Å²) in [5, 5.41) is 22.8. The Balaban J connectivity index is 0.000000277. The predicted molar refractivity (Wildman–Crippen MR) is 191 cm³/mol. The van der Waals surface area contributed by atoms with E-state index >= 15 is 0 Å². The number of anilines is 2. The molecule has 2 aliphatic heterocycles. The van der Waals surface area contributed by atoms with Crippen LogP contribution in [-0.2, 0) is 9.59 Å². The number of carbonyl (C=O) groups excluding carboxylic acids is 2. The summed E-state index contributed by atoms with van der Waals surface area (Å²) in [7, 11) is -0.737. The number of carbonyl (C=O) groups is 2. The summed E-state index contributed by atoms with van der Waals surface area (Å²) in [6.45, 7) is 15.5. The molecule has 2 saturated heterocycles. The highest BCUT2D eigenvalue weighted by molar-refractivity contribution is 6.63. The number of nitrogens with zero attached hydrogens (tertiary/aromatic N) is 3. The largest absolute Gasteiger partial charge is 0.437 e. The number of piperidine rings is 2. The van der Waals surface area contributed by atoms with Gasteiger partial charge in [0.1, 0.15) is 0 Å². The van der Waals surface area contributed by atoms with Crippen LogP contribution < -0.4 is 10.2 Å². The van der Waals surface area contributed by atoms with E-state index in [0.717, 1.165) is 44.7 Å². The lowest BCUT2D eigenvalue weighted by molar-refractivity contribution is -0.119. The highest BCUT2D eigenvalue weighted by Crippen LogP contribution is 2.28. The Labute approximate surface area is 277 Å². The molecule has 1 amide bonds. The smallest absolute Gasteiger partial charge is 0.376 e. The van der Waals surface area contributed by atoms with Crippen molar-refractivity contribution in [2.24, 2.45) is 11.8 Å². The molecule has 0 bridgehead atoms. The molecule has 248 valence electrons. The van der Waals surface area contributed by atoms with Gasteiger partial charge in [-0.1, -0.05) is 50.2 Å². The fraction of sp³-hybridized carbons (Fsp3) is 0.588. The zero-order chi connectivity index (χ0) is 33.4. The number of rotatable bonds is 10. The highest BCUT2D eigenvalue weighted by Gasteiger charge is 2.33. The average Bonchev–Trinajstić information content (AvgIpc) is 3.06. The number of halogens is 1. The molecule has 4 atom stereocenters. The molecule has 2 aromatic carbocycles. The predicted octanol–water partition coefficient (Wildman–Crippen LogP) is 6.11. The third-order valence-electron chi connectivity index (χ3n) is 8.88. The third-order valence-corrected chi connectivity index (χ3v) is 9.15. The molecule has 2 heterocycles. The van der Waals surface area contributed by atoms with Gasteiger partial charge in [-0.05, 0) is 127 Å². The number of benzene rings is 2. The minimum Gasteiger partial charge on any atom is -0.437 e. The lowest BCUT2D eigenvalue weighted by atomic mass is 9.79. The van der Waals surface area contributed by atoms with Gasteiger partial charge in [-0.15, -0.1) is 0 Å². The van der Waals surface area contributed by atoms with E-state index in [1.54, 1.807) is 6.92 Å². The van der Waals surface area contributed by atoms with Crippen molar-refractivity contribution < 1.29 is 19.6 Å². The van der Waals surface area contributed by atoms with Gasteiger partial charge in [0.2, 0.25) is 11.1 Å². The second kappa shape index (κ2) is 20.7. The molecule has 0 spiro atoms. The van der Waals surface area contributed by atoms with Gasteiger partial charge in [0.25, 0.3) is 0 Å². The Kier molecular flexibility index (Phi) is 17.9. The summed E-state index contributed by atoms with van der Waals surface area (Å²) < 4.78 is 0. The van der Waals surface area contributed by atoms with Crippen molar-refractivity contribution >= 4 is 48.2 Å². The fourth-order valence-electron chi connectivity index (χ4n) is 6.05. The molecule has 0 radical (unpaired) electrons. The first-order valence-corrected chi connectivity index (χ1v) is 17.1. The van der Waals surface area contributed by atoms with Crippen LogP contribution in [0.5, 0.6) is 0 Å². The SMILES string of the molecule is CB(O)N1CCCC(C(C)Nc2ccccc2)C1.CCC(=O)Cl.CCC(=O)N(c1ccccc1)C(C)C1CCCN(B(C)O)C1. The van der Waals surface area contributed by atoms with Crippen molar-refractivity contribution in [2.75, 3.05) is 36.4 Å². The minimum atomic E-state index is -0.415. The molecule has 0 saturated carbocycles. The zero-order valence-electron chi connectivity index (χ0n) is 28.2. The number of para-hydroxylation sites is 2. The van der Waals surface area contributed by atoms with E-state index in [9.17, 15) is 19.6 Å². The quantitative estimate of drug-likeness (QED) is 0.213. The van der Waals surface area contributed by atoms with Crippen LogP contribution in [0.3, 0.4) is 0 Å². The van der Waals surface area contributed by atoms with Gasteiger partial charge < -0.3 is 29.9 Å². The van der Waals surface area contributed by atoms with E-state index in [2.05, 4.69) is 53.1 Å². The molecule has 4 rings (SSSR count). The summed E-state index contributed by atoms with van der Waals surface area (Å²) in [4.78, 5) is 28.3. The van der Waals surface area contributed by atoms with Crippen LogP contribution in [0.2, 0.25) is 13.6 Å². The first-order chi connectivity index (χ1) is 21.5. The van der Waals surface area contributed by atoms with Crippen LogP contribution in [0.4, 0.5) is 11.4 Å². The maximum atomic E-state index is 12.5. The van der Waals surface area contributed by atoms with Gasteiger partial charge in [-0.25, -0.2) is 0 Å². The van der Waals surface area contributed by atoms with E-state index in [0.29, 0.717) is 30.7 Å². The summed E-state index contributed by atoms with van der Waals surface area (Å²) >= 11 is 4.82. The first-order valence-electron chi connectivity index (χ1n) is 16.7. The van der Waals surface area contributed by atoms with Crippen molar-refractivity contribution in [1.82, 2.24) is 9.62 Å². The second-order valence-corrected chi connectivity index (χ2v) is 12.7. The third kappa shape index (κ3) is 13.5. The molecule has 2 fully saturated rings. The van der Waals surface area contributed by atoms with E-state index in [1.807, 2.05) is 61.9 Å². The standard InChI is InChI=1S/C17H27BN2O2.C14H23BN2O.C3H5ClO/c1-4-17(21)20(16-10-6-5-7-11-16)14(2)15-9-8-12-19(13-15)18(3)22;1-12(16-14-8-4-3-5-9-14)13-7-6-10-17(11-13)15(2)18;1-2-3(4)5/h5-7,10-11,14-15,22H,4,8-9,12-13H2,1-3H3;3-5,8-9,12-13,16,18H,6-7,10-11H2,1-2H3;2H2,1H3. The monoisotopic (exact) mass is 640 g/mol. The zero-order valence-corrected chi connectivity index (χ0v) is 29.0. The van der Waals surface area contributed by atoms with Crippen molar-refractivity contribution in [3.05, 3.63) is 60.7 Å². The van der Waals surface area contributed by atoms with Crippen LogP contribution in [0.15, 0.2) is 60.7 Å². The highest BCUT2D eigenvalue weighted by atomic mass is 35.5. The van der Waals surface area contributed by atoms with Gasteiger partial charge in [0, 0.05) is 36.3 Å². The number of amides is 1. The summed E-state index contributed by atoms with van der Waals surface area (Å²) in [6, 6.07) is 20.8. The summed E-state index contributed by atoms with van der Waals surface area (Å²) in [5.74, 6) is 1.15. The van der Waals surface area contributed by atoms with Gasteiger partial charge in [-0.3, -0.25) is 9.59 Å². The van der Waals surface area contributed by atoms with Crippen LogP contribution >= 0.6 is 11.6 Å². The molecule has 11 heteroatoms. The topological polar surface area (TPSA) is 96.3 Å². The normalized spacial score (nSPS) is 19.8. The van der Waals surface area contributed by atoms with Crippen molar-refractivity contribution in [2.45, 2.75) is 91.9 Å². The van der Waals surface area contributed by atoms with Gasteiger partial charge in [-0.2, -0.15) is 0 Å². The average molecular weight is 641 g/mol. The molecule has 0 aliphatic carbocycles. The maximum absolute atomic E-state index is 12.5. The molecular formula is C34H55B2ClN4O4. The Hall–Kier alpha value is -2.36. The minimum absolute atomic E-state index is 0.136. The Morgan fingerprint density at radius 1 is 0.867 bits per heavy atom.